The fourth-order valence-electron chi connectivity index (χ4n) is 1.15. The van der Waals surface area contributed by atoms with Crippen molar-refractivity contribution < 1.29 is 13.9 Å². The minimum atomic E-state index is -0.513. The number of furan rings is 1. The molecule has 1 aromatic heterocycles. The highest BCUT2D eigenvalue weighted by Crippen LogP contribution is 2.17. The van der Waals surface area contributed by atoms with Crippen molar-refractivity contribution in [3.8, 4) is 0 Å². The third kappa shape index (κ3) is 3.09. The Morgan fingerprint density at radius 2 is 2.13 bits per heavy atom. The quantitative estimate of drug-likeness (QED) is 0.760. The molecule has 0 amide bonds. The number of nitrogens with two attached hydrogens (primary N) is 1. The van der Waals surface area contributed by atoms with Crippen LogP contribution in [0.1, 0.15) is 42.6 Å². The Hall–Kier alpha value is -1.29. The van der Waals surface area contributed by atoms with Gasteiger partial charge in [0, 0.05) is 12.1 Å². The molecule has 4 nitrogen and oxygen atoms in total. The van der Waals surface area contributed by atoms with Crippen LogP contribution in [0.25, 0.3) is 0 Å². The molecule has 0 aromatic carbocycles. The van der Waals surface area contributed by atoms with Crippen LogP contribution < -0.4 is 5.73 Å². The third-order valence-electron chi connectivity index (χ3n) is 1.84. The van der Waals surface area contributed by atoms with Crippen molar-refractivity contribution >= 4 is 5.97 Å². The number of aryl methyl sites for hydroxylation is 1. The summed E-state index contributed by atoms with van der Waals surface area (Å²) in [6.07, 6.45) is 0. The summed E-state index contributed by atoms with van der Waals surface area (Å²) in [6.45, 7) is 7.56. The van der Waals surface area contributed by atoms with E-state index >= 15 is 0 Å². The summed E-state index contributed by atoms with van der Waals surface area (Å²) >= 11 is 0. The Balaban J connectivity index is 2.83. The monoisotopic (exact) mass is 211 g/mol. The van der Waals surface area contributed by atoms with Crippen LogP contribution in [0, 0.1) is 6.92 Å². The second-order valence-corrected chi connectivity index (χ2v) is 4.40. The van der Waals surface area contributed by atoms with Gasteiger partial charge in [-0.25, -0.2) is 4.79 Å². The number of esters is 1. The van der Waals surface area contributed by atoms with Crippen LogP contribution in [0.15, 0.2) is 10.5 Å². The molecule has 84 valence electrons. The average molecular weight is 211 g/mol. The minimum Gasteiger partial charge on any atom is -0.454 e. The van der Waals surface area contributed by atoms with Gasteiger partial charge in [0.1, 0.15) is 11.4 Å². The molecule has 0 aliphatic heterocycles. The molecule has 1 aromatic rings. The highest BCUT2D eigenvalue weighted by Gasteiger charge is 2.21. The van der Waals surface area contributed by atoms with Crippen LogP contribution in [0.5, 0.6) is 0 Å². The SMILES string of the molecule is Cc1oc(C(=O)OC(C)(C)C)cc1CN. The van der Waals surface area contributed by atoms with Gasteiger partial charge in [0.25, 0.3) is 0 Å². The van der Waals surface area contributed by atoms with Crippen molar-refractivity contribution in [1.82, 2.24) is 0 Å². The molecule has 0 bridgehead atoms. The topological polar surface area (TPSA) is 65.5 Å². The summed E-state index contributed by atoms with van der Waals surface area (Å²) in [5, 5.41) is 0. The summed E-state index contributed by atoms with van der Waals surface area (Å²) in [6, 6.07) is 1.63. The van der Waals surface area contributed by atoms with Crippen LogP contribution >= 0.6 is 0 Å². The molecule has 0 radical (unpaired) electrons. The summed E-state index contributed by atoms with van der Waals surface area (Å²) < 4.78 is 10.4. The van der Waals surface area contributed by atoms with Gasteiger partial charge >= 0.3 is 5.97 Å². The van der Waals surface area contributed by atoms with Gasteiger partial charge in [-0.2, -0.15) is 0 Å². The van der Waals surface area contributed by atoms with E-state index in [0.717, 1.165) is 5.56 Å². The first kappa shape index (κ1) is 11.8. The van der Waals surface area contributed by atoms with Crippen LogP contribution in [-0.4, -0.2) is 11.6 Å². The van der Waals surface area contributed by atoms with E-state index in [1.54, 1.807) is 13.0 Å². The molecule has 1 rings (SSSR count). The van der Waals surface area contributed by atoms with Crippen molar-refractivity contribution in [2.45, 2.75) is 39.8 Å². The largest absolute Gasteiger partial charge is 0.454 e. The zero-order valence-corrected chi connectivity index (χ0v) is 9.59. The highest BCUT2D eigenvalue weighted by atomic mass is 16.6. The molecule has 0 fully saturated rings. The van der Waals surface area contributed by atoms with Gasteiger partial charge in [-0.15, -0.1) is 0 Å². The maximum Gasteiger partial charge on any atom is 0.374 e. The molecule has 0 spiro atoms. The zero-order chi connectivity index (χ0) is 11.6. The molecular formula is C11H17NO3. The Labute approximate surface area is 89.4 Å². The summed E-state index contributed by atoms with van der Waals surface area (Å²) in [5.41, 5.74) is 5.80. The van der Waals surface area contributed by atoms with E-state index in [2.05, 4.69) is 0 Å². The zero-order valence-electron chi connectivity index (χ0n) is 9.59. The van der Waals surface area contributed by atoms with Crippen LogP contribution in [-0.2, 0) is 11.3 Å². The summed E-state index contributed by atoms with van der Waals surface area (Å²) in [5.74, 6) is 0.423. The van der Waals surface area contributed by atoms with E-state index in [1.807, 2.05) is 20.8 Å². The average Bonchev–Trinajstić information content (AvgIpc) is 2.43. The highest BCUT2D eigenvalue weighted by molar-refractivity contribution is 5.87. The fourth-order valence-corrected chi connectivity index (χ4v) is 1.15. The van der Waals surface area contributed by atoms with Crippen molar-refractivity contribution in [2.75, 3.05) is 0 Å². The molecule has 0 aliphatic carbocycles. The number of carbonyl (C=O) groups excluding carboxylic acids is 1. The number of hydrogen-bond donors (Lipinski definition) is 1. The maximum absolute atomic E-state index is 11.6. The van der Waals surface area contributed by atoms with Crippen molar-refractivity contribution in [2.24, 2.45) is 5.73 Å². The Bertz CT molecular complexity index is 360. The van der Waals surface area contributed by atoms with E-state index in [0.29, 0.717) is 12.3 Å². The van der Waals surface area contributed by atoms with E-state index < -0.39 is 11.6 Å². The molecule has 15 heavy (non-hydrogen) atoms. The lowest BCUT2D eigenvalue weighted by Gasteiger charge is -2.18. The summed E-state index contributed by atoms with van der Waals surface area (Å²) in [4.78, 5) is 11.6. The lowest BCUT2D eigenvalue weighted by molar-refractivity contribution is 0.00348. The minimum absolute atomic E-state index is 0.211. The first-order valence-corrected chi connectivity index (χ1v) is 4.86. The lowest BCUT2D eigenvalue weighted by Crippen LogP contribution is -2.23. The molecule has 0 saturated carbocycles. The standard InChI is InChI=1S/C11H17NO3/c1-7-8(6-12)5-9(14-7)10(13)15-11(2,3)4/h5H,6,12H2,1-4H3. The first-order chi connectivity index (χ1) is 6.83. The molecule has 4 heteroatoms. The molecule has 0 saturated heterocycles. The Kier molecular flexibility index (Phi) is 3.19. The predicted molar refractivity (Wildman–Crippen MR) is 56.5 cm³/mol. The van der Waals surface area contributed by atoms with Crippen LogP contribution in [0.2, 0.25) is 0 Å². The van der Waals surface area contributed by atoms with E-state index in [9.17, 15) is 4.79 Å². The second kappa shape index (κ2) is 4.06. The van der Waals surface area contributed by atoms with Gasteiger partial charge in [-0.05, 0) is 33.8 Å². The molecule has 1 heterocycles. The van der Waals surface area contributed by atoms with Crippen LogP contribution in [0.4, 0.5) is 0 Å². The van der Waals surface area contributed by atoms with E-state index in [4.69, 9.17) is 14.9 Å². The number of carbonyl (C=O) groups is 1. The normalized spacial score (nSPS) is 11.5. The van der Waals surface area contributed by atoms with Gasteiger partial charge in [0.2, 0.25) is 5.76 Å². The molecular weight excluding hydrogens is 194 g/mol. The van der Waals surface area contributed by atoms with E-state index in [1.165, 1.54) is 0 Å². The molecule has 0 aliphatic rings. The van der Waals surface area contributed by atoms with Gasteiger partial charge in [0.15, 0.2) is 0 Å². The Morgan fingerprint density at radius 3 is 2.53 bits per heavy atom. The second-order valence-electron chi connectivity index (χ2n) is 4.40. The molecule has 0 unspecified atom stereocenters. The maximum atomic E-state index is 11.6. The van der Waals surface area contributed by atoms with Gasteiger partial charge in [0.05, 0.1) is 0 Å². The fraction of sp³-hybridized carbons (Fsp3) is 0.545. The van der Waals surface area contributed by atoms with Gasteiger partial charge in [-0.1, -0.05) is 0 Å². The van der Waals surface area contributed by atoms with Crippen molar-refractivity contribution in [3.05, 3.63) is 23.2 Å². The lowest BCUT2D eigenvalue weighted by atomic mass is 10.2. The third-order valence-corrected chi connectivity index (χ3v) is 1.84. The van der Waals surface area contributed by atoms with Crippen molar-refractivity contribution in [1.29, 1.82) is 0 Å². The van der Waals surface area contributed by atoms with E-state index in [-0.39, 0.29) is 5.76 Å². The number of hydrogen-bond acceptors (Lipinski definition) is 4. The molecule has 0 atom stereocenters. The van der Waals surface area contributed by atoms with Crippen molar-refractivity contribution in [3.63, 3.8) is 0 Å². The summed E-state index contributed by atoms with van der Waals surface area (Å²) in [7, 11) is 0. The van der Waals surface area contributed by atoms with Gasteiger partial charge in [-0.3, -0.25) is 0 Å². The number of ether oxygens (including phenoxy) is 1. The van der Waals surface area contributed by atoms with Gasteiger partial charge < -0.3 is 14.9 Å². The first-order valence-electron chi connectivity index (χ1n) is 4.86. The number of rotatable bonds is 2. The predicted octanol–water partition coefficient (Wildman–Crippen LogP) is 2.00. The van der Waals surface area contributed by atoms with Crippen LogP contribution in [0.3, 0.4) is 0 Å². The smallest absolute Gasteiger partial charge is 0.374 e. The molecule has 2 N–H and O–H groups in total. The Morgan fingerprint density at radius 1 is 1.53 bits per heavy atom.